The molecule has 0 atom stereocenters. The fourth-order valence-corrected chi connectivity index (χ4v) is 3.85. The van der Waals surface area contributed by atoms with Crippen LogP contribution in [0.4, 0.5) is 5.82 Å². The summed E-state index contributed by atoms with van der Waals surface area (Å²) in [4.78, 5) is 14.6. The van der Waals surface area contributed by atoms with E-state index in [1.807, 2.05) is 67.1 Å². The monoisotopic (exact) mass is 447 g/mol. The average molecular weight is 448 g/mol. The van der Waals surface area contributed by atoms with Gasteiger partial charge in [-0.25, -0.2) is 10.1 Å². The summed E-state index contributed by atoms with van der Waals surface area (Å²) in [6.45, 7) is 6.15. The van der Waals surface area contributed by atoms with E-state index in [1.165, 1.54) is 0 Å². The van der Waals surface area contributed by atoms with Gasteiger partial charge in [0, 0.05) is 13.1 Å². The normalized spacial score (nSPS) is 13.5. The van der Waals surface area contributed by atoms with Crippen LogP contribution in [0.25, 0.3) is 5.69 Å². The molecular weight excluding hydrogens is 418 g/mol. The smallest absolute Gasteiger partial charge is 0.277 e. The molecule has 1 amide bonds. The van der Waals surface area contributed by atoms with Crippen molar-refractivity contribution >= 4 is 17.9 Å². The van der Waals surface area contributed by atoms with E-state index in [9.17, 15) is 4.79 Å². The Kier molecular flexibility index (Phi) is 7.24. The lowest BCUT2D eigenvalue weighted by atomic mass is 10.2. The number of hydrogen-bond acceptors (Lipinski definition) is 6. The van der Waals surface area contributed by atoms with Gasteiger partial charge >= 0.3 is 0 Å². The Labute approximate surface area is 193 Å². The minimum atomic E-state index is -0.353. The van der Waals surface area contributed by atoms with E-state index in [2.05, 4.69) is 15.4 Å². The van der Waals surface area contributed by atoms with Gasteiger partial charge in [-0.2, -0.15) is 10.2 Å². The molecule has 4 rings (SSSR count). The largest absolute Gasteiger partial charge is 0.490 e. The van der Waals surface area contributed by atoms with Crippen LogP contribution in [-0.4, -0.2) is 48.2 Å². The molecule has 1 saturated heterocycles. The lowest BCUT2D eigenvalue weighted by molar-refractivity contribution is -0.123. The first-order valence-corrected chi connectivity index (χ1v) is 11.2. The van der Waals surface area contributed by atoms with Crippen LogP contribution < -0.4 is 19.8 Å². The Balaban J connectivity index is 1.47. The Morgan fingerprint density at radius 1 is 1.06 bits per heavy atom. The van der Waals surface area contributed by atoms with Gasteiger partial charge in [0.2, 0.25) is 0 Å². The molecule has 33 heavy (non-hydrogen) atoms. The molecule has 0 spiro atoms. The van der Waals surface area contributed by atoms with Crippen molar-refractivity contribution in [2.75, 3.05) is 31.2 Å². The van der Waals surface area contributed by atoms with Gasteiger partial charge in [0.15, 0.2) is 18.1 Å². The number of anilines is 1. The minimum Gasteiger partial charge on any atom is -0.490 e. The Bertz CT molecular complexity index is 1100. The van der Waals surface area contributed by atoms with Crippen LogP contribution in [0.1, 0.15) is 31.0 Å². The van der Waals surface area contributed by atoms with Gasteiger partial charge in [-0.15, -0.1) is 0 Å². The number of rotatable bonds is 9. The second kappa shape index (κ2) is 10.7. The van der Waals surface area contributed by atoms with Crippen LogP contribution in [0, 0.1) is 6.92 Å². The van der Waals surface area contributed by atoms with Gasteiger partial charge in [0.25, 0.3) is 5.91 Å². The number of nitrogens with one attached hydrogen (secondary N) is 1. The topological polar surface area (TPSA) is 81.0 Å². The molecular formula is C25H29N5O3. The van der Waals surface area contributed by atoms with Crippen LogP contribution in [0.5, 0.6) is 11.5 Å². The van der Waals surface area contributed by atoms with Crippen LogP contribution in [-0.2, 0) is 4.79 Å². The van der Waals surface area contributed by atoms with Gasteiger partial charge < -0.3 is 14.4 Å². The van der Waals surface area contributed by atoms with E-state index in [0.29, 0.717) is 18.1 Å². The predicted molar refractivity (Wildman–Crippen MR) is 129 cm³/mol. The molecule has 0 saturated carbocycles. The number of aryl methyl sites for hydroxylation is 1. The molecule has 8 nitrogen and oxygen atoms in total. The first-order chi connectivity index (χ1) is 16.2. The SMILES string of the molecule is CCOc1ccccc1OCC(=O)N/N=C/c1c(C)nn(-c2ccccc2)c1N1CCCC1. The van der Waals surface area contributed by atoms with E-state index in [1.54, 1.807) is 12.3 Å². The lowest BCUT2D eigenvalue weighted by Crippen LogP contribution is -2.25. The number of hydrazone groups is 1. The third-order valence-electron chi connectivity index (χ3n) is 5.38. The molecule has 1 N–H and O–H groups in total. The summed E-state index contributed by atoms with van der Waals surface area (Å²) in [6.07, 6.45) is 3.96. The molecule has 2 heterocycles. The molecule has 1 aromatic heterocycles. The Morgan fingerprint density at radius 3 is 2.42 bits per heavy atom. The number of amides is 1. The Hall–Kier alpha value is -3.81. The maximum Gasteiger partial charge on any atom is 0.277 e. The average Bonchev–Trinajstić information content (AvgIpc) is 3.47. The number of carbonyl (C=O) groups excluding carboxylic acids is 1. The standard InChI is InChI=1S/C25H29N5O3/c1-3-32-22-13-7-8-14-23(22)33-18-24(31)27-26-17-21-19(2)28-30(20-11-5-4-6-12-20)25(21)29-15-9-10-16-29/h4-8,11-14,17H,3,9-10,15-16,18H2,1-2H3,(H,27,31)/b26-17+. The minimum absolute atomic E-state index is 0.164. The summed E-state index contributed by atoms with van der Waals surface area (Å²) < 4.78 is 13.1. The van der Waals surface area contributed by atoms with Gasteiger partial charge in [-0.05, 0) is 51.0 Å². The number of para-hydroxylation sites is 3. The highest BCUT2D eigenvalue weighted by molar-refractivity contribution is 5.90. The summed E-state index contributed by atoms with van der Waals surface area (Å²) in [5.41, 5.74) is 5.29. The third kappa shape index (κ3) is 5.34. The lowest BCUT2D eigenvalue weighted by Gasteiger charge is -2.20. The molecule has 172 valence electrons. The number of carbonyl (C=O) groups is 1. The van der Waals surface area contributed by atoms with Crippen molar-refractivity contribution in [2.45, 2.75) is 26.7 Å². The van der Waals surface area contributed by atoms with Gasteiger partial charge in [-0.1, -0.05) is 30.3 Å². The van der Waals surface area contributed by atoms with Crippen molar-refractivity contribution in [2.24, 2.45) is 5.10 Å². The molecule has 0 unspecified atom stereocenters. The van der Waals surface area contributed by atoms with E-state index < -0.39 is 0 Å². The summed E-state index contributed by atoms with van der Waals surface area (Å²) >= 11 is 0. The maximum atomic E-state index is 12.3. The number of aromatic nitrogens is 2. The number of ether oxygens (including phenoxy) is 2. The van der Waals surface area contributed by atoms with Crippen molar-refractivity contribution in [3.8, 4) is 17.2 Å². The van der Waals surface area contributed by atoms with E-state index >= 15 is 0 Å². The molecule has 1 aliphatic rings. The summed E-state index contributed by atoms with van der Waals surface area (Å²) in [6, 6.07) is 17.3. The highest BCUT2D eigenvalue weighted by Crippen LogP contribution is 2.29. The third-order valence-corrected chi connectivity index (χ3v) is 5.38. The van der Waals surface area contributed by atoms with Gasteiger partial charge in [0.1, 0.15) is 5.82 Å². The number of hydrogen-bond donors (Lipinski definition) is 1. The fraction of sp³-hybridized carbons (Fsp3) is 0.320. The van der Waals surface area contributed by atoms with Crippen molar-refractivity contribution in [3.63, 3.8) is 0 Å². The number of nitrogens with zero attached hydrogens (tertiary/aromatic N) is 4. The molecule has 0 bridgehead atoms. The Morgan fingerprint density at radius 2 is 1.73 bits per heavy atom. The van der Waals surface area contributed by atoms with Crippen molar-refractivity contribution in [3.05, 3.63) is 65.9 Å². The first kappa shape index (κ1) is 22.4. The zero-order valence-corrected chi connectivity index (χ0v) is 19.0. The van der Waals surface area contributed by atoms with Crippen LogP contribution in [0.2, 0.25) is 0 Å². The van der Waals surface area contributed by atoms with E-state index in [0.717, 1.165) is 48.7 Å². The number of benzene rings is 2. The van der Waals surface area contributed by atoms with Crippen molar-refractivity contribution in [1.82, 2.24) is 15.2 Å². The van der Waals surface area contributed by atoms with Crippen LogP contribution in [0.3, 0.4) is 0 Å². The summed E-state index contributed by atoms with van der Waals surface area (Å²) in [7, 11) is 0. The quantitative estimate of drug-likeness (QED) is 0.400. The summed E-state index contributed by atoms with van der Waals surface area (Å²) in [5.74, 6) is 1.77. The predicted octanol–water partition coefficient (Wildman–Crippen LogP) is 3.71. The second-order valence-electron chi connectivity index (χ2n) is 7.73. The zero-order chi connectivity index (χ0) is 23.0. The maximum absolute atomic E-state index is 12.3. The molecule has 1 aliphatic heterocycles. The van der Waals surface area contributed by atoms with Crippen LogP contribution >= 0.6 is 0 Å². The molecule has 0 radical (unpaired) electrons. The molecule has 8 heteroatoms. The van der Waals surface area contributed by atoms with Crippen molar-refractivity contribution < 1.29 is 14.3 Å². The van der Waals surface area contributed by atoms with Gasteiger partial charge in [0.05, 0.1) is 29.8 Å². The first-order valence-electron chi connectivity index (χ1n) is 11.2. The molecule has 2 aromatic carbocycles. The zero-order valence-electron chi connectivity index (χ0n) is 19.0. The highest BCUT2D eigenvalue weighted by Gasteiger charge is 2.23. The highest BCUT2D eigenvalue weighted by atomic mass is 16.5. The summed E-state index contributed by atoms with van der Waals surface area (Å²) in [5, 5.41) is 8.96. The van der Waals surface area contributed by atoms with E-state index in [-0.39, 0.29) is 12.5 Å². The van der Waals surface area contributed by atoms with Crippen molar-refractivity contribution in [1.29, 1.82) is 0 Å². The van der Waals surface area contributed by atoms with E-state index in [4.69, 9.17) is 14.6 Å². The molecule has 0 aliphatic carbocycles. The van der Waals surface area contributed by atoms with Gasteiger partial charge in [-0.3, -0.25) is 4.79 Å². The molecule has 3 aromatic rings. The molecule has 1 fully saturated rings. The van der Waals surface area contributed by atoms with Crippen LogP contribution in [0.15, 0.2) is 59.7 Å². The second-order valence-corrected chi connectivity index (χ2v) is 7.73. The fourth-order valence-electron chi connectivity index (χ4n) is 3.85.